The van der Waals surface area contributed by atoms with Gasteiger partial charge >= 0.3 is 0 Å². The first-order valence-electron chi connectivity index (χ1n) is 22.0. The average Bonchev–Trinajstić information content (AvgIpc) is 3.86. The Balaban J connectivity index is 0.914. The van der Waals surface area contributed by atoms with Gasteiger partial charge in [-0.3, -0.25) is 0 Å². The van der Waals surface area contributed by atoms with Crippen LogP contribution in [0.2, 0.25) is 0 Å². The predicted octanol–water partition coefficient (Wildman–Crippen LogP) is 16.2. The molecule has 1 aromatic heterocycles. The van der Waals surface area contributed by atoms with Crippen LogP contribution in [-0.4, -0.2) is 4.57 Å². The van der Waals surface area contributed by atoms with E-state index in [2.05, 4.69) is 187 Å². The van der Waals surface area contributed by atoms with Crippen LogP contribution in [0.1, 0.15) is 22.3 Å². The highest BCUT2D eigenvalue weighted by Gasteiger charge is 2.46. The summed E-state index contributed by atoms with van der Waals surface area (Å²) in [7, 11) is 0. The van der Waals surface area contributed by atoms with E-state index in [-0.39, 0.29) is 11.6 Å². The number of fused-ring (bicyclic) bond motifs is 6. The SMILES string of the molecule is Fc1ccc(N(c2ccc(F)cc2)c2ccc(-c3ccc(-c4ccc5c(c4)c4ccccc4n5-c4ccc5c(c4)C(c4ccccc4)(c4ccccc4)c4ccccc4-5)cc3)cc2)cc1. The predicted molar refractivity (Wildman–Crippen MR) is 264 cm³/mol. The quantitative estimate of drug-likeness (QED) is 0.148. The first-order chi connectivity index (χ1) is 32.0. The van der Waals surface area contributed by atoms with Crippen molar-refractivity contribution in [1.82, 2.24) is 4.57 Å². The molecule has 308 valence electrons. The van der Waals surface area contributed by atoms with E-state index in [0.717, 1.165) is 56.0 Å². The lowest BCUT2D eigenvalue weighted by molar-refractivity contribution is 0.628. The van der Waals surface area contributed by atoms with Crippen LogP contribution in [0.15, 0.2) is 243 Å². The Morgan fingerprint density at radius 2 is 0.800 bits per heavy atom. The first-order valence-corrected chi connectivity index (χ1v) is 22.0. The fraction of sp³-hybridized carbons (Fsp3) is 0.0164. The minimum Gasteiger partial charge on any atom is -0.310 e. The van der Waals surface area contributed by atoms with Crippen LogP contribution in [0.3, 0.4) is 0 Å². The first kappa shape index (κ1) is 38.3. The maximum Gasteiger partial charge on any atom is 0.123 e. The number of para-hydroxylation sites is 1. The molecule has 1 heterocycles. The molecule has 65 heavy (non-hydrogen) atoms. The molecule has 0 aliphatic heterocycles. The van der Waals surface area contributed by atoms with E-state index >= 15 is 0 Å². The van der Waals surface area contributed by atoms with Gasteiger partial charge in [-0.1, -0.05) is 152 Å². The maximum absolute atomic E-state index is 13.9. The minimum atomic E-state index is -0.487. The van der Waals surface area contributed by atoms with Crippen molar-refractivity contribution in [2.75, 3.05) is 4.90 Å². The summed E-state index contributed by atoms with van der Waals surface area (Å²) in [6, 6.07) is 83.1. The smallest absolute Gasteiger partial charge is 0.123 e. The molecule has 0 fully saturated rings. The van der Waals surface area contributed by atoms with Crippen LogP contribution < -0.4 is 4.90 Å². The topological polar surface area (TPSA) is 8.17 Å². The Hall–Kier alpha value is -8.34. The molecule has 0 N–H and O–H groups in total. The van der Waals surface area contributed by atoms with E-state index in [9.17, 15) is 8.78 Å². The third-order valence-corrected chi connectivity index (χ3v) is 13.2. The third kappa shape index (κ3) is 6.29. The van der Waals surface area contributed by atoms with Crippen LogP contribution >= 0.6 is 0 Å². The van der Waals surface area contributed by atoms with Gasteiger partial charge in [0.15, 0.2) is 0 Å². The molecule has 0 saturated carbocycles. The summed E-state index contributed by atoms with van der Waals surface area (Å²) in [4.78, 5) is 1.99. The molecule has 11 aromatic rings. The number of rotatable bonds is 8. The minimum absolute atomic E-state index is 0.310. The molecule has 4 heteroatoms. The highest BCUT2D eigenvalue weighted by molar-refractivity contribution is 6.10. The van der Waals surface area contributed by atoms with Crippen molar-refractivity contribution in [3.63, 3.8) is 0 Å². The van der Waals surface area contributed by atoms with Crippen LogP contribution in [0, 0.1) is 11.6 Å². The zero-order valence-electron chi connectivity index (χ0n) is 35.2. The second-order valence-electron chi connectivity index (χ2n) is 16.8. The molecule has 0 spiro atoms. The number of hydrogen-bond acceptors (Lipinski definition) is 1. The number of benzene rings is 10. The highest BCUT2D eigenvalue weighted by atomic mass is 19.1. The highest BCUT2D eigenvalue weighted by Crippen LogP contribution is 2.56. The number of hydrogen-bond donors (Lipinski definition) is 0. The lowest BCUT2D eigenvalue weighted by Crippen LogP contribution is -2.28. The molecule has 10 aromatic carbocycles. The molecule has 0 unspecified atom stereocenters. The van der Waals surface area contributed by atoms with Crippen molar-refractivity contribution in [3.8, 4) is 39.1 Å². The average molecular weight is 839 g/mol. The summed E-state index contributed by atoms with van der Waals surface area (Å²) < 4.78 is 30.2. The van der Waals surface area contributed by atoms with Crippen LogP contribution in [0.5, 0.6) is 0 Å². The summed E-state index contributed by atoms with van der Waals surface area (Å²) >= 11 is 0. The summed E-state index contributed by atoms with van der Waals surface area (Å²) in [5.74, 6) is -0.621. The molecule has 1 aliphatic rings. The molecule has 0 atom stereocenters. The third-order valence-electron chi connectivity index (χ3n) is 13.2. The van der Waals surface area contributed by atoms with Crippen molar-refractivity contribution >= 4 is 38.9 Å². The van der Waals surface area contributed by atoms with Gasteiger partial charge < -0.3 is 9.47 Å². The second-order valence-corrected chi connectivity index (χ2v) is 16.8. The molecular formula is C61H40F2N2. The van der Waals surface area contributed by atoms with Gasteiger partial charge in [0.05, 0.1) is 16.4 Å². The fourth-order valence-electron chi connectivity index (χ4n) is 10.3. The van der Waals surface area contributed by atoms with Gasteiger partial charge in [0.2, 0.25) is 0 Å². The van der Waals surface area contributed by atoms with Crippen molar-refractivity contribution in [1.29, 1.82) is 0 Å². The Kier molecular flexibility index (Phi) is 9.13. The van der Waals surface area contributed by atoms with Crippen LogP contribution in [0.25, 0.3) is 60.9 Å². The molecule has 12 rings (SSSR count). The van der Waals surface area contributed by atoms with Crippen LogP contribution in [-0.2, 0) is 5.41 Å². The van der Waals surface area contributed by atoms with E-state index in [1.807, 2.05) is 17.0 Å². The Bertz CT molecular complexity index is 3440. The standard InChI is InChI=1S/C61H40F2N2/c62-47-26-32-50(33-27-47)64(51-34-28-48(63)29-35-51)49-30-23-42(24-31-49)41-19-21-43(22-20-41)44-25-38-60-56(39-44)55-16-8-10-18-59(55)65(60)52-36-37-54-53-15-7-9-17-57(53)61(58(54)40-52,45-11-3-1-4-12-45)46-13-5-2-6-14-46/h1-40H. The Morgan fingerprint density at radius 1 is 0.338 bits per heavy atom. The lowest BCUT2D eigenvalue weighted by Gasteiger charge is -2.34. The molecule has 1 aliphatic carbocycles. The Labute approximate surface area is 376 Å². The van der Waals surface area contributed by atoms with Gasteiger partial charge in [-0.25, -0.2) is 8.78 Å². The number of halogens is 2. The van der Waals surface area contributed by atoms with Gasteiger partial charge in [0, 0.05) is 33.5 Å². The van der Waals surface area contributed by atoms with Crippen LogP contribution in [0.4, 0.5) is 25.8 Å². The van der Waals surface area contributed by atoms with E-state index in [0.29, 0.717) is 0 Å². The van der Waals surface area contributed by atoms with Gasteiger partial charge in [0.1, 0.15) is 11.6 Å². The molecule has 0 amide bonds. The number of aromatic nitrogens is 1. The normalized spacial score (nSPS) is 12.6. The fourth-order valence-corrected chi connectivity index (χ4v) is 10.3. The molecule has 0 saturated heterocycles. The van der Waals surface area contributed by atoms with E-state index in [4.69, 9.17) is 0 Å². The second kappa shape index (κ2) is 15.5. The van der Waals surface area contributed by atoms with Gasteiger partial charge in [-0.2, -0.15) is 0 Å². The van der Waals surface area contributed by atoms with E-state index in [1.165, 1.54) is 68.4 Å². The zero-order valence-corrected chi connectivity index (χ0v) is 35.2. The van der Waals surface area contributed by atoms with Crippen molar-refractivity contribution in [2.24, 2.45) is 0 Å². The molecule has 2 nitrogen and oxygen atoms in total. The molecule has 0 radical (unpaired) electrons. The van der Waals surface area contributed by atoms with Gasteiger partial charge in [0.25, 0.3) is 0 Å². The van der Waals surface area contributed by atoms with Gasteiger partial charge in [-0.05, 0) is 147 Å². The van der Waals surface area contributed by atoms with Crippen molar-refractivity contribution in [3.05, 3.63) is 277 Å². The van der Waals surface area contributed by atoms with Crippen molar-refractivity contribution < 1.29 is 8.78 Å². The van der Waals surface area contributed by atoms with E-state index in [1.54, 1.807) is 24.3 Å². The number of anilines is 3. The summed E-state index contributed by atoms with van der Waals surface area (Å²) in [5, 5.41) is 2.41. The van der Waals surface area contributed by atoms with Gasteiger partial charge in [-0.15, -0.1) is 0 Å². The maximum atomic E-state index is 13.9. The monoisotopic (exact) mass is 838 g/mol. The summed E-state index contributed by atoms with van der Waals surface area (Å²) in [6.45, 7) is 0. The summed E-state index contributed by atoms with van der Waals surface area (Å²) in [6.07, 6.45) is 0. The molecule has 0 bridgehead atoms. The number of nitrogens with zero attached hydrogens (tertiary/aromatic N) is 2. The molecular weight excluding hydrogens is 799 g/mol. The Morgan fingerprint density at radius 3 is 1.42 bits per heavy atom. The largest absolute Gasteiger partial charge is 0.310 e. The lowest BCUT2D eigenvalue weighted by atomic mass is 9.67. The van der Waals surface area contributed by atoms with E-state index < -0.39 is 5.41 Å². The van der Waals surface area contributed by atoms with Crippen molar-refractivity contribution in [2.45, 2.75) is 5.41 Å². The zero-order chi connectivity index (χ0) is 43.5. The summed E-state index contributed by atoms with van der Waals surface area (Å²) in [5.41, 5.74) is 17.4.